The summed E-state index contributed by atoms with van der Waals surface area (Å²) in [5.41, 5.74) is 7.55. The van der Waals surface area contributed by atoms with Crippen molar-refractivity contribution in [1.29, 1.82) is 0 Å². The van der Waals surface area contributed by atoms with E-state index in [0.29, 0.717) is 0 Å². The van der Waals surface area contributed by atoms with Gasteiger partial charge in [-0.1, -0.05) is 158 Å². The van der Waals surface area contributed by atoms with Gasteiger partial charge in [-0.25, -0.2) is 0 Å². The second kappa shape index (κ2) is 11.6. The first-order valence-corrected chi connectivity index (χ1v) is 20.1. The summed E-state index contributed by atoms with van der Waals surface area (Å²) in [6.07, 6.45) is 0. The van der Waals surface area contributed by atoms with Gasteiger partial charge in [0.05, 0.1) is 9.40 Å². The van der Waals surface area contributed by atoms with Crippen molar-refractivity contribution < 1.29 is 0 Å². The van der Waals surface area contributed by atoms with E-state index in [1.165, 1.54) is 117 Å². The Bertz CT molecular complexity index is 3450. The molecule has 0 aliphatic carbocycles. The van der Waals surface area contributed by atoms with E-state index in [0.717, 1.165) is 0 Å². The Hall–Kier alpha value is -6.32. The van der Waals surface area contributed by atoms with Crippen LogP contribution in [0.4, 0.5) is 0 Å². The van der Waals surface area contributed by atoms with Gasteiger partial charge in [0.2, 0.25) is 0 Å². The Morgan fingerprint density at radius 2 is 0.778 bits per heavy atom. The Morgan fingerprint density at radius 1 is 0.259 bits per heavy atom. The molecule has 0 amide bonds. The molecular weight excluding hydrogens is 689 g/mol. The number of fused-ring (bicyclic) bond motifs is 12. The van der Waals surface area contributed by atoms with Gasteiger partial charge in [0.1, 0.15) is 0 Å². The first kappa shape index (κ1) is 30.2. The maximum Gasteiger partial charge on any atom is 0.0534 e. The first-order chi connectivity index (χ1) is 26.8. The predicted molar refractivity (Wildman–Crippen MR) is 239 cm³/mol. The summed E-state index contributed by atoms with van der Waals surface area (Å²) in [7, 11) is 0. The van der Waals surface area contributed by atoms with Crippen LogP contribution in [0.3, 0.4) is 0 Å². The number of rotatable bonds is 3. The fourth-order valence-corrected chi connectivity index (χ4v) is 11.6. The molecule has 0 fully saturated rings. The molecule has 54 heavy (non-hydrogen) atoms. The summed E-state index contributed by atoms with van der Waals surface area (Å²) in [6.45, 7) is 0. The van der Waals surface area contributed by atoms with Crippen LogP contribution < -0.4 is 0 Å². The normalized spacial score (nSPS) is 12.1. The van der Waals surface area contributed by atoms with Crippen LogP contribution in [-0.2, 0) is 0 Å². The zero-order valence-electron chi connectivity index (χ0n) is 29.1. The van der Waals surface area contributed by atoms with Crippen molar-refractivity contribution in [3.8, 4) is 33.4 Å². The molecule has 2 aromatic heterocycles. The minimum absolute atomic E-state index is 1.23. The Labute approximate surface area is 319 Å². The lowest BCUT2D eigenvalue weighted by Crippen LogP contribution is -1.91. The van der Waals surface area contributed by atoms with Crippen LogP contribution in [0.5, 0.6) is 0 Å². The van der Waals surface area contributed by atoms with E-state index in [4.69, 9.17) is 0 Å². The maximum absolute atomic E-state index is 2.41. The Balaban J connectivity index is 1.03. The van der Waals surface area contributed by atoms with Gasteiger partial charge in [-0.3, -0.25) is 0 Å². The van der Waals surface area contributed by atoms with Crippen molar-refractivity contribution in [2.45, 2.75) is 0 Å². The van der Waals surface area contributed by atoms with E-state index in [9.17, 15) is 0 Å². The van der Waals surface area contributed by atoms with Crippen LogP contribution in [0.2, 0.25) is 0 Å². The molecule has 0 atom stereocenters. The molecule has 2 heteroatoms. The number of thiophene rings is 2. The average Bonchev–Trinajstić information content (AvgIpc) is 3.81. The molecule has 0 saturated heterocycles. The molecule has 12 rings (SSSR count). The monoisotopic (exact) mass is 718 g/mol. The molecule has 0 aliphatic rings. The summed E-state index contributed by atoms with van der Waals surface area (Å²) in [5, 5.41) is 15.7. The molecule has 12 aromatic rings. The van der Waals surface area contributed by atoms with E-state index >= 15 is 0 Å². The van der Waals surface area contributed by atoms with Gasteiger partial charge in [-0.15, -0.1) is 22.7 Å². The van der Waals surface area contributed by atoms with Crippen LogP contribution in [-0.4, -0.2) is 0 Å². The lowest BCUT2D eigenvalue weighted by molar-refractivity contribution is 1.63. The number of hydrogen-bond donors (Lipinski definition) is 0. The van der Waals surface area contributed by atoms with E-state index in [1.807, 2.05) is 22.7 Å². The third kappa shape index (κ3) is 4.42. The van der Waals surface area contributed by atoms with Gasteiger partial charge in [-0.2, -0.15) is 0 Å². The van der Waals surface area contributed by atoms with Crippen molar-refractivity contribution in [3.05, 3.63) is 182 Å². The molecule has 2 heterocycles. The van der Waals surface area contributed by atoms with Crippen LogP contribution >= 0.6 is 22.7 Å². The highest BCUT2D eigenvalue weighted by Gasteiger charge is 2.18. The van der Waals surface area contributed by atoms with E-state index < -0.39 is 0 Å². The molecule has 250 valence electrons. The van der Waals surface area contributed by atoms with E-state index in [1.54, 1.807) is 0 Å². The summed E-state index contributed by atoms with van der Waals surface area (Å²) >= 11 is 3.87. The molecule has 10 aromatic carbocycles. The van der Waals surface area contributed by atoms with E-state index in [-0.39, 0.29) is 0 Å². The third-order valence-electron chi connectivity index (χ3n) is 11.4. The minimum Gasteiger partial charge on any atom is -0.134 e. The van der Waals surface area contributed by atoms with Gasteiger partial charge in [0.25, 0.3) is 0 Å². The molecule has 0 bridgehead atoms. The quantitative estimate of drug-likeness (QED) is 0.160. The fourth-order valence-electron chi connectivity index (χ4n) is 8.97. The van der Waals surface area contributed by atoms with Gasteiger partial charge in [0.15, 0.2) is 0 Å². The van der Waals surface area contributed by atoms with Crippen molar-refractivity contribution in [1.82, 2.24) is 0 Å². The standard InChI is InChI=1S/C52H30S2/c1-2-12-33-28-37(21-20-31(33)10-1)49-42-18-7-5-16-40(42)48(41-17-6-8-19-43(41)49)36-14-9-13-34(29-36)35-22-24-39-44-25-26-45-50-38-15-4-3-11-32(38)23-27-46(50)53-52(45)51(44)54-47(39)30-35/h1-30H. The summed E-state index contributed by atoms with van der Waals surface area (Å²) in [6, 6.07) is 67.7. The SMILES string of the molecule is c1cc(-c2ccc3c(c2)sc2c3ccc3c2sc2ccc4ccccc4c23)cc(-c2c3ccccc3c(-c3ccc4ccccc4c3)c3ccccc23)c1. The van der Waals surface area contributed by atoms with Gasteiger partial charge < -0.3 is 0 Å². The Kier molecular flexibility index (Phi) is 6.48. The van der Waals surface area contributed by atoms with Gasteiger partial charge in [-0.05, 0) is 101 Å². The highest BCUT2D eigenvalue weighted by molar-refractivity contribution is 7.33. The number of benzene rings is 10. The minimum atomic E-state index is 1.23. The first-order valence-electron chi connectivity index (χ1n) is 18.5. The average molecular weight is 719 g/mol. The van der Waals surface area contributed by atoms with E-state index in [2.05, 4.69) is 182 Å². The number of hydrogen-bond acceptors (Lipinski definition) is 2. The molecule has 0 nitrogen and oxygen atoms in total. The van der Waals surface area contributed by atoms with Gasteiger partial charge >= 0.3 is 0 Å². The third-order valence-corrected chi connectivity index (χ3v) is 13.9. The lowest BCUT2D eigenvalue weighted by Gasteiger charge is -2.18. The van der Waals surface area contributed by atoms with Crippen LogP contribution in [0, 0.1) is 0 Å². The summed E-state index contributed by atoms with van der Waals surface area (Å²) in [5.74, 6) is 0. The highest BCUT2D eigenvalue weighted by atomic mass is 32.1. The maximum atomic E-state index is 2.41. The van der Waals surface area contributed by atoms with Crippen molar-refractivity contribution >= 4 is 106 Å². The second-order valence-electron chi connectivity index (χ2n) is 14.4. The zero-order valence-corrected chi connectivity index (χ0v) is 30.8. The second-order valence-corrected chi connectivity index (χ2v) is 16.5. The fraction of sp³-hybridized carbons (Fsp3) is 0. The largest absolute Gasteiger partial charge is 0.134 e. The molecule has 0 unspecified atom stereocenters. The molecule has 0 aliphatic heterocycles. The van der Waals surface area contributed by atoms with Crippen molar-refractivity contribution in [2.24, 2.45) is 0 Å². The summed E-state index contributed by atoms with van der Waals surface area (Å²) < 4.78 is 5.48. The van der Waals surface area contributed by atoms with Crippen LogP contribution in [0.25, 0.3) is 117 Å². The predicted octanol–water partition coefficient (Wildman–Crippen LogP) is 16.0. The van der Waals surface area contributed by atoms with Crippen molar-refractivity contribution in [3.63, 3.8) is 0 Å². The molecule has 0 radical (unpaired) electrons. The van der Waals surface area contributed by atoms with Crippen LogP contribution in [0.15, 0.2) is 182 Å². The van der Waals surface area contributed by atoms with Gasteiger partial charge in [0, 0.05) is 30.9 Å². The van der Waals surface area contributed by atoms with Crippen LogP contribution in [0.1, 0.15) is 0 Å². The molecule has 0 N–H and O–H groups in total. The molecule has 0 saturated carbocycles. The lowest BCUT2D eigenvalue weighted by atomic mass is 9.85. The highest BCUT2D eigenvalue weighted by Crippen LogP contribution is 2.48. The summed E-state index contributed by atoms with van der Waals surface area (Å²) in [4.78, 5) is 0. The molecular formula is C52H30S2. The topological polar surface area (TPSA) is 0 Å². The smallest absolute Gasteiger partial charge is 0.0534 e. The molecule has 0 spiro atoms. The Morgan fingerprint density at radius 3 is 1.54 bits per heavy atom. The zero-order chi connectivity index (χ0) is 35.3. The van der Waals surface area contributed by atoms with Crippen molar-refractivity contribution in [2.75, 3.05) is 0 Å².